The van der Waals surface area contributed by atoms with Crippen molar-refractivity contribution in [1.82, 2.24) is 4.90 Å². The predicted molar refractivity (Wildman–Crippen MR) is 139 cm³/mol. The number of hydrogen-bond donors (Lipinski definition) is 0. The van der Waals surface area contributed by atoms with E-state index >= 15 is 0 Å². The second kappa shape index (κ2) is 12.5. The van der Waals surface area contributed by atoms with Crippen LogP contribution in [-0.2, 0) is 22.4 Å². The molecule has 2 aliphatic heterocycles. The Morgan fingerprint density at radius 2 is 1.89 bits per heavy atom. The molecule has 37 heavy (non-hydrogen) atoms. The van der Waals surface area contributed by atoms with Crippen molar-refractivity contribution in [2.24, 2.45) is 0 Å². The third-order valence-corrected chi connectivity index (χ3v) is 6.66. The van der Waals surface area contributed by atoms with Gasteiger partial charge in [-0.05, 0) is 55.9 Å². The van der Waals surface area contributed by atoms with Crippen LogP contribution in [0.5, 0.6) is 23.0 Å². The number of esters is 1. The maximum absolute atomic E-state index is 13.0. The van der Waals surface area contributed by atoms with Gasteiger partial charge in [0.25, 0.3) is 5.91 Å². The minimum Gasteiger partial charge on any atom is -0.495 e. The van der Waals surface area contributed by atoms with Gasteiger partial charge in [-0.3, -0.25) is 4.79 Å². The molecule has 0 N–H and O–H groups in total. The molecular formula is C29H35NO7. The highest BCUT2D eigenvalue weighted by Crippen LogP contribution is 2.35. The van der Waals surface area contributed by atoms with Crippen LogP contribution in [0.25, 0.3) is 0 Å². The number of aryl methyl sites for hydroxylation is 1. The maximum atomic E-state index is 13.0. The van der Waals surface area contributed by atoms with Crippen LogP contribution in [0.15, 0.2) is 43.0 Å². The summed E-state index contributed by atoms with van der Waals surface area (Å²) in [4.78, 5) is 26.7. The number of likely N-dealkylation sites (tertiary alicyclic amines) is 1. The van der Waals surface area contributed by atoms with E-state index in [-0.39, 0.29) is 11.9 Å². The summed E-state index contributed by atoms with van der Waals surface area (Å²) < 4.78 is 28.2. The zero-order valence-corrected chi connectivity index (χ0v) is 21.6. The first-order chi connectivity index (χ1) is 18.0. The average Bonchev–Trinajstić information content (AvgIpc) is 3.47. The molecule has 2 aromatic rings. The van der Waals surface area contributed by atoms with Crippen molar-refractivity contribution in [3.8, 4) is 23.0 Å². The van der Waals surface area contributed by atoms with Crippen LogP contribution in [0.4, 0.5) is 0 Å². The summed E-state index contributed by atoms with van der Waals surface area (Å²) in [5, 5.41) is 0. The summed E-state index contributed by atoms with van der Waals surface area (Å²) in [6.45, 7) is 6.28. The third-order valence-electron chi connectivity index (χ3n) is 6.66. The van der Waals surface area contributed by atoms with Crippen molar-refractivity contribution in [1.29, 1.82) is 0 Å². The van der Waals surface area contributed by atoms with Gasteiger partial charge in [-0.2, -0.15) is 0 Å². The van der Waals surface area contributed by atoms with Crippen molar-refractivity contribution < 1.29 is 33.3 Å². The van der Waals surface area contributed by atoms with Crippen LogP contribution in [0.1, 0.15) is 47.2 Å². The van der Waals surface area contributed by atoms with E-state index in [1.54, 1.807) is 19.3 Å². The van der Waals surface area contributed by atoms with Crippen LogP contribution >= 0.6 is 0 Å². The van der Waals surface area contributed by atoms with Crippen molar-refractivity contribution in [3.63, 3.8) is 0 Å². The zero-order chi connectivity index (χ0) is 26.2. The lowest BCUT2D eigenvalue weighted by atomic mass is 10.0. The summed E-state index contributed by atoms with van der Waals surface area (Å²) >= 11 is 0. The molecule has 1 amide bonds. The first-order valence-electron chi connectivity index (χ1n) is 12.8. The first-order valence-corrected chi connectivity index (χ1v) is 12.8. The van der Waals surface area contributed by atoms with Crippen LogP contribution < -0.4 is 18.9 Å². The molecule has 1 atom stereocenters. The number of ether oxygens (including phenoxy) is 5. The fraction of sp³-hybridized carbons (Fsp3) is 0.448. The fourth-order valence-electron chi connectivity index (χ4n) is 4.74. The lowest BCUT2D eigenvalue weighted by molar-refractivity contribution is -0.149. The Kier molecular flexibility index (Phi) is 8.93. The molecule has 0 aromatic heterocycles. The molecule has 1 saturated heterocycles. The number of carbonyl (C=O) groups is 2. The Morgan fingerprint density at radius 1 is 1.11 bits per heavy atom. The number of benzene rings is 2. The molecule has 2 heterocycles. The number of carbonyl (C=O) groups excluding carboxylic acids is 2. The van der Waals surface area contributed by atoms with E-state index in [0.29, 0.717) is 61.0 Å². The van der Waals surface area contributed by atoms with Crippen LogP contribution in [0, 0.1) is 0 Å². The number of hydrogen-bond acceptors (Lipinski definition) is 7. The molecule has 1 fully saturated rings. The minimum atomic E-state index is -0.583. The van der Waals surface area contributed by atoms with Crippen molar-refractivity contribution in [2.45, 2.75) is 44.6 Å². The number of fused-ring (bicyclic) bond motifs is 1. The van der Waals surface area contributed by atoms with Crippen LogP contribution in [0.2, 0.25) is 0 Å². The Balaban J connectivity index is 1.34. The highest BCUT2D eigenvalue weighted by atomic mass is 16.6. The Morgan fingerprint density at radius 3 is 2.62 bits per heavy atom. The van der Waals surface area contributed by atoms with Gasteiger partial charge in [-0.1, -0.05) is 12.1 Å². The van der Waals surface area contributed by atoms with Gasteiger partial charge in [0, 0.05) is 31.1 Å². The summed E-state index contributed by atoms with van der Waals surface area (Å²) in [5.41, 5.74) is 2.42. The second-order valence-electron chi connectivity index (χ2n) is 9.10. The zero-order valence-electron chi connectivity index (χ0n) is 21.6. The van der Waals surface area contributed by atoms with E-state index in [0.717, 1.165) is 43.5 Å². The summed E-state index contributed by atoms with van der Waals surface area (Å²) in [7, 11) is 2.94. The molecule has 198 valence electrons. The second-order valence-corrected chi connectivity index (χ2v) is 9.10. The molecule has 0 saturated carbocycles. The van der Waals surface area contributed by atoms with Crippen molar-refractivity contribution in [3.05, 3.63) is 59.7 Å². The Hall–Kier alpha value is -3.68. The molecule has 0 radical (unpaired) electrons. The van der Waals surface area contributed by atoms with Gasteiger partial charge in [-0.25, -0.2) is 4.79 Å². The van der Waals surface area contributed by atoms with Gasteiger partial charge in [0.1, 0.15) is 23.0 Å². The average molecular weight is 510 g/mol. The molecule has 0 bridgehead atoms. The van der Waals surface area contributed by atoms with E-state index < -0.39 is 6.10 Å². The first kappa shape index (κ1) is 26.4. The van der Waals surface area contributed by atoms with Gasteiger partial charge in [-0.15, -0.1) is 6.58 Å². The van der Waals surface area contributed by atoms with Crippen molar-refractivity contribution >= 4 is 11.9 Å². The largest absolute Gasteiger partial charge is 0.495 e. The molecule has 1 unspecified atom stereocenters. The minimum absolute atomic E-state index is 0.00783. The number of methoxy groups -OCH3 is 2. The van der Waals surface area contributed by atoms with Gasteiger partial charge in [0.2, 0.25) is 0 Å². The summed E-state index contributed by atoms with van der Waals surface area (Å²) in [6.07, 6.45) is 5.78. The SMILES string of the molecule is C=CCc1c(OCCCOc2ccc3c(c2)OC(C(=O)OC)CC3)ccc(C(=O)N2CCCC2)c1OC. The van der Waals surface area contributed by atoms with E-state index in [1.165, 1.54) is 7.11 Å². The van der Waals surface area contributed by atoms with Gasteiger partial charge < -0.3 is 28.6 Å². The highest BCUT2D eigenvalue weighted by Gasteiger charge is 2.27. The third kappa shape index (κ3) is 6.18. The predicted octanol–water partition coefficient (Wildman–Crippen LogP) is 4.37. The highest BCUT2D eigenvalue weighted by molar-refractivity contribution is 5.98. The summed E-state index contributed by atoms with van der Waals surface area (Å²) in [6, 6.07) is 9.31. The van der Waals surface area contributed by atoms with Gasteiger partial charge >= 0.3 is 5.97 Å². The van der Waals surface area contributed by atoms with E-state index in [9.17, 15) is 9.59 Å². The Bertz CT molecular complexity index is 1120. The normalized spacial score (nSPS) is 16.4. The van der Waals surface area contributed by atoms with E-state index in [1.807, 2.05) is 29.2 Å². The molecule has 8 nitrogen and oxygen atoms in total. The molecule has 4 rings (SSSR count). The lowest BCUT2D eigenvalue weighted by Gasteiger charge is -2.24. The molecule has 2 aliphatic rings. The van der Waals surface area contributed by atoms with E-state index in [2.05, 4.69) is 6.58 Å². The number of amides is 1. The molecule has 8 heteroatoms. The van der Waals surface area contributed by atoms with Gasteiger partial charge in [0.15, 0.2) is 6.10 Å². The van der Waals surface area contributed by atoms with Crippen molar-refractivity contribution in [2.75, 3.05) is 40.5 Å². The standard InChI is InChI=1S/C29H35NO7/c1-4-8-22-24(14-12-23(27(22)33-2)28(31)30-15-5-6-16-30)36-18-7-17-35-21-11-9-20-10-13-25(29(32)34-3)37-26(20)19-21/h4,9,11-12,14,19,25H,1,5-8,10,13,15-18H2,2-3H3. The number of allylic oxidation sites excluding steroid dienone is 1. The fourth-order valence-corrected chi connectivity index (χ4v) is 4.74. The van der Waals surface area contributed by atoms with E-state index in [4.69, 9.17) is 23.7 Å². The molecular weight excluding hydrogens is 474 g/mol. The van der Waals surface area contributed by atoms with Crippen LogP contribution in [-0.4, -0.2) is 63.4 Å². The molecule has 0 aliphatic carbocycles. The smallest absolute Gasteiger partial charge is 0.347 e. The van der Waals surface area contributed by atoms with Crippen LogP contribution in [0.3, 0.4) is 0 Å². The number of rotatable bonds is 11. The number of nitrogens with zero attached hydrogens (tertiary/aromatic N) is 1. The molecule has 0 spiro atoms. The lowest BCUT2D eigenvalue weighted by Crippen LogP contribution is -2.32. The summed E-state index contributed by atoms with van der Waals surface area (Å²) in [5.74, 6) is 2.17. The Labute approximate surface area is 218 Å². The quantitative estimate of drug-likeness (QED) is 0.253. The topological polar surface area (TPSA) is 83.5 Å². The van der Waals surface area contributed by atoms with Gasteiger partial charge in [0.05, 0.1) is 33.0 Å². The monoisotopic (exact) mass is 509 g/mol. The molecule has 2 aromatic carbocycles. The maximum Gasteiger partial charge on any atom is 0.347 e.